The van der Waals surface area contributed by atoms with Gasteiger partial charge in [-0.3, -0.25) is 4.79 Å². The highest BCUT2D eigenvalue weighted by molar-refractivity contribution is 9.10. The molecule has 1 aromatic carbocycles. The number of halogens is 1. The average Bonchev–Trinajstić information content (AvgIpc) is 2.40. The molecule has 0 spiro atoms. The topological polar surface area (TPSA) is 83.9 Å². The van der Waals surface area contributed by atoms with Crippen molar-refractivity contribution in [1.29, 1.82) is 0 Å². The van der Waals surface area contributed by atoms with E-state index in [-0.39, 0.29) is 17.2 Å². The number of carboxylic acids is 1. The van der Waals surface area contributed by atoms with Crippen molar-refractivity contribution < 1.29 is 23.1 Å². The molecule has 8 heteroatoms. The van der Waals surface area contributed by atoms with Crippen LogP contribution >= 0.6 is 15.9 Å². The van der Waals surface area contributed by atoms with Gasteiger partial charge in [-0.05, 0) is 24.6 Å². The van der Waals surface area contributed by atoms with Gasteiger partial charge < -0.3 is 9.84 Å². The third-order valence-electron chi connectivity index (χ3n) is 3.09. The van der Waals surface area contributed by atoms with E-state index in [1.54, 1.807) is 6.07 Å². The second-order valence-electron chi connectivity index (χ2n) is 4.78. The zero-order valence-electron chi connectivity index (χ0n) is 12.3. The number of sulfonamides is 1. The van der Waals surface area contributed by atoms with Crippen LogP contribution in [0.15, 0.2) is 21.5 Å². The lowest BCUT2D eigenvalue weighted by molar-refractivity contribution is -0.141. The Morgan fingerprint density at radius 2 is 2.05 bits per heavy atom. The van der Waals surface area contributed by atoms with E-state index < -0.39 is 21.9 Å². The molecule has 0 saturated heterocycles. The highest BCUT2D eigenvalue weighted by atomic mass is 79.9. The molecule has 0 aliphatic heterocycles. The zero-order valence-corrected chi connectivity index (χ0v) is 14.7. The number of rotatable bonds is 6. The van der Waals surface area contributed by atoms with Gasteiger partial charge in [-0.2, -0.15) is 4.31 Å². The molecule has 0 saturated carbocycles. The number of methoxy groups -OCH3 is 1. The van der Waals surface area contributed by atoms with Gasteiger partial charge in [0.1, 0.15) is 10.6 Å². The number of hydrogen-bond donors (Lipinski definition) is 1. The molecule has 0 aliphatic carbocycles. The highest BCUT2D eigenvalue weighted by Crippen LogP contribution is 2.32. The fraction of sp³-hybridized carbons (Fsp3) is 0.462. The molecule has 1 unspecified atom stereocenters. The molecule has 1 aromatic rings. The molecule has 0 aliphatic rings. The van der Waals surface area contributed by atoms with Gasteiger partial charge in [-0.25, -0.2) is 8.42 Å². The summed E-state index contributed by atoms with van der Waals surface area (Å²) in [4.78, 5) is 10.9. The Balaban J connectivity index is 3.24. The average molecular weight is 380 g/mol. The van der Waals surface area contributed by atoms with Crippen molar-refractivity contribution in [3.05, 3.63) is 22.2 Å². The first-order valence-corrected chi connectivity index (χ1v) is 8.37. The normalized spacial score (nSPS) is 13.2. The first kappa shape index (κ1) is 17.9. The van der Waals surface area contributed by atoms with Gasteiger partial charge in [0, 0.05) is 18.1 Å². The number of nitrogens with zero attached hydrogens (tertiary/aromatic N) is 1. The second kappa shape index (κ2) is 6.76. The Hall–Kier alpha value is -1.12. The minimum atomic E-state index is -3.83. The molecule has 0 radical (unpaired) electrons. The van der Waals surface area contributed by atoms with E-state index in [0.717, 1.165) is 9.87 Å². The van der Waals surface area contributed by atoms with E-state index in [9.17, 15) is 13.2 Å². The summed E-state index contributed by atoms with van der Waals surface area (Å²) >= 11 is 3.29. The van der Waals surface area contributed by atoms with Crippen molar-refractivity contribution in [2.45, 2.75) is 18.7 Å². The molecule has 1 rings (SSSR count). The maximum absolute atomic E-state index is 12.6. The van der Waals surface area contributed by atoms with Gasteiger partial charge in [0.15, 0.2) is 0 Å². The number of carbonyl (C=O) groups is 1. The fourth-order valence-corrected chi connectivity index (χ4v) is 3.64. The highest BCUT2D eigenvalue weighted by Gasteiger charge is 2.28. The number of aliphatic carboxylic acids is 1. The molecule has 0 aromatic heterocycles. The minimum Gasteiger partial charge on any atom is -0.495 e. The van der Waals surface area contributed by atoms with Crippen LogP contribution in [0.3, 0.4) is 0 Å². The summed E-state index contributed by atoms with van der Waals surface area (Å²) in [5.41, 5.74) is 0.840. The summed E-state index contributed by atoms with van der Waals surface area (Å²) in [6.45, 7) is 3.15. The van der Waals surface area contributed by atoms with Crippen molar-refractivity contribution in [2.75, 3.05) is 20.7 Å². The molecule has 0 heterocycles. The van der Waals surface area contributed by atoms with E-state index in [4.69, 9.17) is 9.84 Å². The summed E-state index contributed by atoms with van der Waals surface area (Å²) in [5.74, 6) is -1.62. The Morgan fingerprint density at radius 3 is 2.52 bits per heavy atom. The molecule has 21 heavy (non-hydrogen) atoms. The Labute approximate surface area is 132 Å². The van der Waals surface area contributed by atoms with Gasteiger partial charge in [-0.1, -0.05) is 22.9 Å². The van der Waals surface area contributed by atoms with Crippen molar-refractivity contribution in [3.8, 4) is 5.75 Å². The summed E-state index contributed by atoms with van der Waals surface area (Å²) in [5, 5.41) is 8.89. The van der Waals surface area contributed by atoms with E-state index in [0.29, 0.717) is 4.47 Å². The van der Waals surface area contributed by atoms with Gasteiger partial charge in [0.25, 0.3) is 0 Å². The third kappa shape index (κ3) is 3.96. The lowest BCUT2D eigenvalue weighted by Gasteiger charge is -2.21. The molecular formula is C13H18BrNO5S. The predicted molar refractivity (Wildman–Crippen MR) is 82.0 cm³/mol. The van der Waals surface area contributed by atoms with Crippen molar-refractivity contribution in [2.24, 2.45) is 5.92 Å². The second-order valence-corrected chi connectivity index (χ2v) is 7.64. The molecule has 118 valence electrons. The van der Waals surface area contributed by atoms with Crippen LogP contribution in [0.2, 0.25) is 0 Å². The van der Waals surface area contributed by atoms with Crippen LogP contribution in [-0.2, 0) is 14.8 Å². The van der Waals surface area contributed by atoms with Crippen LogP contribution in [0, 0.1) is 12.8 Å². The molecule has 1 atom stereocenters. The number of benzene rings is 1. The largest absolute Gasteiger partial charge is 0.495 e. The van der Waals surface area contributed by atoms with Crippen LogP contribution < -0.4 is 4.74 Å². The molecule has 0 bridgehead atoms. The zero-order chi connectivity index (χ0) is 16.4. The monoisotopic (exact) mass is 379 g/mol. The van der Waals surface area contributed by atoms with Crippen molar-refractivity contribution >= 4 is 31.9 Å². The van der Waals surface area contributed by atoms with Gasteiger partial charge in [0.2, 0.25) is 10.0 Å². The van der Waals surface area contributed by atoms with Crippen molar-refractivity contribution in [3.63, 3.8) is 0 Å². The van der Waals surface area contributed by atoms with Crippen molar-refractivity contribution in [1.82, 2.24) is 4.31 Å². The van der Waals surface area contributed by atoms with Crippen LogP contribution in [-0.4, -0.2) is 44.5 Å². The van der Waals surface area contributed by atoms with Gasteiger partial charge >= 0.3 is 5.97 Å². The summed E-state index contributed by atoms with van der Waals surface area (Å²) in [6, 6.07) is 3.08. The maximum atomic E-state index is 12.6. The SMILES string of the molecule is COc1cc(C)c(Br)cc1S(=O)(=O)N(C)CC(C)C(=O)O. The number of hydrogen-bond acceptors (Lipinski definition) is 4. The first-order chi connectivity index (χ1) is 9.61. The lowest BCUT2D eigenvalue weighted by Crippen LogP contribution is -2.34. The smallest absolute Gasteiger partial charge is 0.307 e. The molecular weight excluding hydrogens is 362 g/mol. The Morgan fingerprint density at radius 1 is 1.48 bits per heavy atom. The Kier molecular flexibility index (Phi) is 5.77. The third-order valence-corrected chi connectivity index (χ3v) is 5.78. The molecule has 0 amide bonds. The predicted octanol–water partition coefficient (Wildman–Crippen LogP) is 2.11. The number of ether oxygens (including phenoxy) is 1. The van der Waals surface area contributed by atoms with E-state index >= 15 is 0 Å². The van der Waals surface area contributed by atoms with Crippen LogP contribution in [0.5, 0.6) is 5.75 Å². The molecule has 0 fully saturated rings. The minimum absolute atomic E-state index is 0.00237. The quantitative estimate of drug-likeness (QED) is 0.817. The van der Waals surface area contributed by atoms with E-state index in [1.807, 2.05) is 6.92 Å². The maximum Gasteiger partial charge on any atom is 0.307 e. The summed E-state index contributed by atoms with van der Waals surface area (Å²) in [7, 11) is -1.09. The van der Waals surface area contributed by atoms with Gasteiger partial charge in [0.05, 0.1) is 13.0 Å². The van der Waals surface area contributed by atoms with Crippen LogP contribution in [0.25, 0.3) is 0 Å². The molecule has 6 nitrogen and oxygen atoms in total. The lowest BCUT2D eigenvalue weighted by atomic mass is 10.2. The summed E-state index contributed by atoms with van der Waals surface area (Å²) < 4.78 is 31.9. The molecule has 1 N–H and O–H groups in total. The standard InChI is InChI=1S/C13H18BrNO5S/c1-8-5-11(20-4)12(6-10(8)14)21(18,19)15(3)7-9(2)13(16)17/h5-6,9H,7H2,1-4H3,(H,16,17). The number of aryl methyl sites for hydroxylation is 1. The van der Waals surface area contributed by atoms with E-state index in [2.05, 4.69) is 15.9 Å². The summed E-state index contributed by atoms with van der Waals surface area (Å²) in [6.07, 6.45) is 0. The van der Waals surface area contributed by atoms with Gasteiger partial charge in [-0.15, -0.1) is 0 Å². The number of carboxylic acid groups (broad SMARTS) is 1. The Bertz CT molecular complexity index is 644. The van der Waals surface area contributed by atoms with Crippen LogP contribution in [0.4, 0.5) is 0 Å². The van der Waals surface area contributed by atoms with Crippen LogP contribution in [0.1, 0.15) is 12.5 Å². The van der Waals surface area contributed by atoms with E-state index in [1.165, 1.54) is 27.1 Å². The first-order valence-electron chi connectivity index (χ1n) is 6.14. The fourth-order valence-electron chi connectivity index (χ4n) is 1.73.